The molecule has 1 saturated heterocycles. The molecule has 0 unspecified atom stereocenters. The highest BCUT2D eigenvalue weighted by molar-refractivity contribution is 5.94. The van der Waals surface area contributed by atoms with Gasteiger partial charge in [-0.25, -0.2) is 15.0 Å². The molecule has 5 rings (SSSR count). The van der Waals surface area contributed by atoms with Gasteiger partial charge in [-0.1, -0.05) is 30.3 Å². The van der Waals surface area contributed by atoms with Crippen molar-refractivity contribution in [3.05, 3.63) is 82.4 Å². The highest BCUT2D eigenvalue weighted by Gasteiger charge is 2.27. The summed E-state index contributed by atoms with van der Waals surface area (Å²) >= 11 is 0. The van der Waals surface area contributed by atoms with Gasteiger partial charge in [0.2, 0.25) is 5.56 Å². The van der Waals surface area contributed by atoms with Gasteiger partial charge in [0.15, 0.2) is 11.5 Å². The van der Waals surface area contributed by atoms with Gasteiger partial charge in [-0.05, 0) is 31.0 Å². The number of rotatable bonds is 3. The van der Waals surface area contributed by atoms with Crippen LogP contribution in [-0.4, -0.2) is 43.4 Å². The van der Waals surface area contributed by atoms with E-state index in [9.17, 15) is 9.59 Å². The molecular weight excluding hydrogens is 416 g/mol. The summed E-state index contributed by atoms with van der Waals surface area (Å²) < 4.78 is 1.42. The van der Waals surface area contributed by atoms with Crippen molar-refractivity contribution in [3.63, 3.8) is 0 Å². The molecule has 33 heavy (non-hydrogen) atoms. The van der Waals surface area contributed by atoms with E-state index < -0.39 is 0 Å². The van der Waals surface area contributed by atoms with Crippen molar-refractivity contribution in [2.45, 2.75) is 18.8 Å². The average Bonchev–Trinajstić information content (AvgIpc) is 2.85. The first-order valence-corrected chi connectivity index (χ1v) is 10.9. The standard InChI is InChI=1S/C25H24N6O2/c1-30-14-18(9-12-21(30)32)25(33)31-13-5-8-17(15-31)20-11-10-19-22(26)28-23(29-24(19)27-20)16-6-3-2-4-7-16/h2-4,6-7,9-12,14,17H,5,8,13,15H2,1H3,(H2,26,27,28,29)/t17-/m1/s1. The maximum absolute atomic E-state index is 13.1. The molecule has 1 aromatic carbocycles. The van der Waals surface area contributed by atoms with Crippen molar-refractivity contribution in [1.82, 2.24) is 24.4 Å². The molecule has 1 amide bonds. The number of nitrogen functional groups attached to an aromatic ring is 1. The van der Waals surface area contributed by atoms with Crippen LogP contribution in [0, 0.1) is 0 Å². The lowest BCUT2D eigenvalue weighted by molar-refractivity contribution is 0.0705. The van der Waals surface area contributed by atoms with Crippen molar-refractivity contribution in [1.29, 1.82) is 0 Å². The van der Waals surface area contributed by atoms with Crippen LogP contribution in [0.1, 0.15) is 34.8 Å². The smallest absolute Gasteiger partial charge is 0.255 e. The van der Waals surface area contributed by atoms with Gasteiger partial charge in [0, 0.05) is 49.6 Å². The first kappa shape index (κ1) is 20.8. The van der Waals surface area contributed by atoms with Crippen LogP contribution in [0.25, 0.3) is 22.4 Å². The third-order valence-electron chi connectivity index (χ3n) is 6.10. The molecule has 1 aliphatic rings. The topological polar surface area (TPSA) is 107 Å². The van der Waals surface area contributed by atoms with E-state index in [1.165, 1.54) is 10.6 Å². The number of carbonyl (C=O) groups excluding carboxylic acids is 1. The first-order chi connectivity index (χ1) is 16.0. The van der Waals surface area contributed by atoms with E-state index in [0.717, 1.165) is 24.1 Å². The van der Waals surface area contributed by atoms with Gasteiger partial charge in [0.1, 0.15) is 5.82 Å². The van der Waals surface area contributed by atoms with E-state index in [1.54, 1.807) is 19.3 Å². The molecule has 4 aromatic rings. The Labute approximate surface area is 190 Å². The van der Waals surface area contributed by atoms with Crippen LogP contribution in [0.3, 0.4) is 0 Å². The van der Waals surface area contributed by atoms with Crippen LogP contribution in [0.2, 0.25) is 0 Å². The minimum Gasteiger partial charge on any atom is -0.383 e. The fraction of sp³-hybridized carbons (Fsp3) is 0.240. The predicted octanol–water partition coefficient (Wildman–Crippen LogP) is 2.99. The molecule has 0 spiro atoms. The van der Waals surface area contributed by atoms with Gasteiger partial charge in [0.25, 0.3) is 5.91 Å². The Kier molecular flexibility index (Phi) is 5.34. The van der Waals surface area contributed by atoms with Crippen LogP contribution < -0.4 is 11.3 Å². The van der Waals surface area contributed by atoms with Crippen LogP contribution >= 0.6 is 0 Å². The van der Waals surface area contributed by atoms with Crippen molar-refractivity contribution in [3.8, 4) is 11.4 Å². The summed E-state index contributed by atoms with van der Waals surface area (Å²) in [4.78, 5) is 40.5. The summed E-state index contributed by atoms with van der Waals surface area (Å²) in [7, 11) is 1.65. The van der Waals surface area contributed by atoms with E-state index in [0.29, 0.717) is 41.3 Å². The number of nitrogens with two attached hydrogens (primary N) is 1. The SMILES string of the molecule is Cn1cc(C(=O)N2CCC[C@@H](c3ccc4c(N)nc(-c5ccccc5)nc4n3)C2)ccc1=O. The number of hydrogen-bond donors (Lipinski definition) is 1. The summed E-state index contributed by atoms with van der Waals surface area (Å²) in [6, 6.07) is 16.6. The Morgan fingerprint density at radius 3 is 2.64 bits per heavy atom. The van der Waals surface area contributed by atoms with Crippen molar-refractivity contribution in [2.75, 3.05) is 18.8 Å². The fourth-order valence-electron chi connectivity index (χ4n) is 4.30. The lowest BCUT2D eigenvalue weighted by atomic mass is 9.93. The van der Waals surface area contributed by atoms with Crippen LogP contribution in [-0.2, 0) is 7.05 Å². The Morgan fingerprint density at radius 1 is 1.03 bits per heavy atom. The second-order valence-corrected chi connectivity index (χ2v) is 8.36. The minimum atomic E-state index is -0.139. The maximum atomic E-state index is 13.1. The van der Waals surface area contributed by atoms with Crippen molar-refractivity contribution >= 4 is 22.8 Å². The van der Waals surface area contributed by atoms with Gasteiger partial charge in [-0.15, -0.1) is 0 Å². The molecule has 4 heterocycles. The van der Waals surface area contributed by atoms with Gasteiger partial charge in [-0.3, -0.25) is 9.59 Å². The Bertz CT molecular complexity index is 1400. The van der Waals surface area contributed by atoms with E-state index in [4.69, 9.17) is 10.7 Å². The molecule has 166 valence electrons. The van der Waals surface area contributed by atoms with E-state index in [-0.39, 0.29) is 17.4 Å². The number of fused-ring (bicyclic) bond motifs is 1. The Morgan fingerprint density at radius 2 is 1.85 bits per heavy atom. The summed E-state index contributed by atoms with van der Waals surface area (Å²) in [5.41, 5.74) is 8.90. The normalized spacial score (nSPS) is 16.2. The zero-order valence-corrected chi connectivity index (χ0v) is 18.3. The summed E-state index contributed by atoms with van der Waals surface area (Å²) in [5.74, 6) is 0.957. The second-order valence-electron chi connectivity index (χ2n) is 8.36. The van der Waals surface area contributed by atoms with Crippen molar-refractivity contribution in [2.24, 2.45) is 7.05 Å². The van der Waals surface area contributed by atoms with Crippen LogP contribution in [0.15, 0.2) is 65.6 Å². The molecule has 1 atom stereocenters. The predicted molar refractivity (Wildman–Crippen MR) is 127 cm³/mol. The molecular formula is C25H24N6O2. The highest BCUT2D eigenvalue weighted by Crippen LogP contribution is 2.29. The Balaban J connectivity index is 1.44. The molecule has 2 N–H and O–H groups in total. The van der Waals surface area contributed by atoms with E-state index in [1.807, 2.05) is 47.4 Å². The number of likely N-dealkylation sites (tertiary alicyclic amines) is 1. The summed E-state index contributed by atoms with van der Waals surface area (Å²) in [5, 5.41) is 0.715. The highest BCUT2D eigenvalue weighted by atomic mass is 16.2. The largest absolute Gasteiger partial charge is 0.383 e. The lowest BCUT2D eigenvalue weighted by Gasteiger charge is -2.32. The number of nitrogens with zero attached hydrogens (tertiary/aromatic N) is 5. The molecule has 0 bridgehead atoms. The van der Waals surface area contributed by atoms with Gasteiger partial charge in [0.05, 0.1) is 10.9 Å². The van der Waals surface area contributed by atoms with E-state index >= 15 is 0 Å². The zero-order valence-electron chi connectivity index (χ0n) is 18.3. The molecule has 0 radical (unpaired) electrons. The monoisotopic (exact) mass is 440 g/mol. The third-order valence-corrected chi connectivity index (χ3v) is 6.10. The van der Waals surface area contributed by atoms with Gasteiger partial charge < -0.3 is 15.2 Å². The molecule has 3 aromatic heterocycles. The number of aryl methyl sites for hydroxylation is 1. The summed E-state index contributed by atoms with van der Waals surface area (Å²) in [6.07, 6.45) is 3.40. The first-order valence-electron chi connectivity index (χ1n) is 10.9. The summed E-state index contributed by atoms with van der Waals surface area (Å²) in [6.45, 7) is 1.24. The lowest BCUT2D eigenvalue weighted by Crippen LogP contribution is -2.39. The van der Waals surface area contributed by atoms with E-state index in [2.05, 4.69) is 9.97 Å². The fourth-order valence-corrected chi connectivity index (χ4v) is 4.30. The number of benzene rings is 1. The number of carbonyl (C=O) groups is 1. The zero-order chi connectivity index (χ0) is 22.9. The maximum Gasteiger partial charge on any atom is 0.255 e. The number of piperidine rings is 1. The molecule has 8 heteroatoms. The third kappa shape index (κ3) is 4.07. The molecule has 8 nitrogen and oxygen atoms in total. The number of anilines is 1. The minimum absolute atomic E-state index is 0.0750. The molecule has 1 fully saturated rings. The van der Waals surface area contributed by atoms with Crippen molar-refractivity contribution < 1.29 is 4.79 Å². The van der Waals surface area contributed by atoms with Gasteiger partial charge in [-0.2, -0.15) is 0 Å². The average molecular weight is 441 g/mol. The van der Waals surface area contributed by atoms with Gasteiger partial charge >= 0.3 is 0 Å². The molecule has 1 aliphatic heterocycles. The number of aromatic nitrogens is 4. The number of hydrogen-bond acceptors (Lipinski definition) is 6. The number of pyridine rings is 2. The van der Waals surface area contributed by atoms with Crippen LogP contribution in [0.5, 0.6) is 0 Å². The number of amides is 1. The second kappa shape index (κ2) is 8.46. The molecule has 0 aliphatic carbocycles. The van der Waals surface area contributed by atoms with Crippen LogP contribution in [0.4, 0.5) is 5.82 Å². The Hall–Kier alpha value is -4.07. The quantitative estimate of drug-likeness (QED) is 0.525. The molecule has 0 saturated carbocycles.